The number of esters is 1. The first kappa shape index (κ1) is 15.4. The van der Waals surface area contributed by atoms with Crippen molar-refractivity contribution in [3.8, 4) is 0 Å². The fourth-order valence-electron chi connectivity index (χ4n) is 2.31. The van der Waals surface area contributed by atoms with E-state index < -0.39 is 5.97 Å². The van der Waals surface area contributed by atoms with Crippen molar-refractivity contribution in [1.29, 1.82) is 0 Å². The van der Waals surface area contributed by atoms with Crippen molar-refractivity contribution < 1.29 is 18.7 Å². The Morgan fingerprint density at radius 1 is 1.43 bits per heavy atom. The molecule has 1 aromatic rings. The summed E-state index contributed by atoms with van der Waals surface area (Å²) in [6.45, 7) is 0. The molecule has 1 aliphatic heterocycles. The van der Waals surface area contributed by atoms with Crippen LogP contribution >= 0.6 is 0 Å². The van der Waals surface area contributed by atoms with Crippen LogP contribution in [0, 0.1) is 0 Å². The van der Waals surface area contributed by atoms with Crippen molar-refractivity contribution >= 4 is 17.9 Å². The van der Waals surface area contributed by atoms with Crippen LogP contribution in [-0.2, 0) is 9.47 Å². The van der Waals surface area contributed by atoms with Crippen LogP contribution in [-0.4, -0.2) is 32.1 Å². The summed E-state index contributed by atoms with van der Waals surface area (Å²) in [5, 5.41) is 0. The number of hydrogen-bond acceptors (Lipinski definition) is 5. The second-order valence-electron chi connectivity index (χ2n) is 4.96. The van der Waals surface area contributed by atoms with Crippen LogP contribution in [0.4, 0.5) is 0 Å². The van der Waals surface area contributed by atoms with Crippen LogP contribution in [0.2, 0.25) is 0 Å². The van der Waals surface area contributed by atoms with Crippen molar-refractivity contribution in [2.45, 2.75) is 38.1 Å². The lowest BCUT2D eigenvalue weighted by Gasteiger charge is -2.07. The molecular formula is C16H21NO4. The van der Waals surface area contributed by atoms with Gasteiger partial charge in [0.1, 0.15) is 5.76 Å². The zero-order chi connectivity index (χ0) is 15.1. The van der Waals surface area contributed by atoms with Gasteiger partial charge in [0, 0.05) is 6.42 Å². The molecule has 5 nitrogen and oxygen atoms in total. The SMILES string of the molecule is COC(=O)c1ccc(C=CCC2CCCCC(OC)=N2)o1. The van der Waals surface area contributed by atoms with Gasteiger partial charge in [0.25, 0.3) is 0 Å². The molecule has 1 atom stereocenters. The fourth-order valence-corrected chi connectivity index (χ4v) is 2.31. The number of nitrogens with zero attached hydrogens (tertiary/aromatic N) is 1. The maximum Gasteiger partial charge on any atom is 0.373 e. The Labute approximate surface area is 124 Å². The van der Waals surface area contributed by atoms with Crippen LogP contribution in [0.1, 0.15) is 48.4 Å². The maximum atomic E-state index is 11.3. The molecule has 0 aromatic carbocycles. The van der Waals surface area contributed by atoms with Gasteiger partial charge in [-0.2, -0.15) is 0 Å². The van der Waals surface area contributed by atoms with E-state index in [0.29, 0.717) is 5.76 Å². The topological polar surface area (TPSA) is 61.0 Å². The van der Waals surface area contributed by atoms with Gasteiger partial charge in [-0.15, -0.1) is 0 Å². The minimum Gasteiger partial charge on any atom is -0.484 e. The zero-order valence-corrected chi connectivity index (χ0v) is 12.5. The molecule has 0 bridgehead atoms. The Morgan fingerprint density at radius 3 is 3.05 bits per heavy atom. The van der Waals surface area contributed by atoms with Gasteiger partial charge in [-0.05, 0) is 37.5 Å². The quantitative estimate of drug-likeness (QED) is 0.797. The Bertz CT molecular complexity index is 530. The highest BCUT2D eigenvalue weighted by Gasteiger charge is 2.13. The van der Waals surface area contributed by atoms with Gasteiger partial charge >= 0.3 is 5.97 Å². The minimum atomic E-state index is -0.465. The molecule has 1 aromatic heterocycles. The third kappa shape index (κ3) is 4.48. The normalized spacial score (nSPS) is 19.1. The highest BCUT2D eigenvalue weighted by Crippen LogP contribution is 2.18. The highest BCUT2D eigenvalue weighted by molar-refractivity contribution is 5.86. The third-order valence-electron chi connectivity index (χ3n) is 3.44. The minimum absolute atomic E-state index is 0.214. The second-order valence-corrected chi connectivity index (χ2v) is 4.96. The number of carbonyl (C=O) groups is 1. The van der Waals surface area contributed by atoms with Crippen molar-refractivity contribution in [3.63, 3.8) is 0 Å². The van der Waals surface area contributed by atoms with E-state index in [1.54, 1.807) is 19.2 Å². The summed E-state index contributed by atoms with van der Waals surface area (Å²) in [6.07, 6.45) is 9.02. The number of hydrogen-bond donors (Lipinski definition) is 0. The molecule has 2 rings (SSSR count). The summed E-state index contributed by atoms with van der Waals surface area (Å²) < 4.78 is 15.2. The van der Waals surface area contributed by atoms with E-state index in [-0.39, 0.29) is 11.8 Å². The first-order valence-corrected chi connectivity index (χ1v) is 7.18. The predicted molar refractivity (Wildman–Crippen MR) is 80.4 cm³/mol. The monoisotopic (exact) mass is 291 g/mol. The molecule has 1 unspecified atom stereocenters. The molecule has 114 valence electrons. The van der Waals surface area contributed by atoms with Crippen LogP contribution in [0.25, 0.3) is 6.08 Å². The van der Waals surface area contributed by atoms with Crippen LogP contribution < -0.4 is 0 Å². The number of rotatable bonds is 4. The van der Waals surface area contributed by atoms with Crippen LogP contribution in [0.15, 0.2) is 27.6 Å². The molecule has 2 heterocycles. The number of furan rings is 1. The predicted octanol–water partition coefficient (Wildman–Crippen LogP) is 3.46. The molecule has 0 saturated carbocycles. The van der Waals surface area contributed by atoms with E-state index in [9.17, 15) is 4.79 Å². The van der Waals surface area contributed by atoms with E-state index >= 15 is 0 Å². The Kier molecular flexibility index (Phi) is 5.60. The van der Waals surface area contributed by atoms with E-state index in [0.717, 1.165) is 31.6 Å². The smallest absolute Gasteiger partial charge is 0.373 e. The molecule has 0 spiro atoms. The molecule has 0 saturated heterocycles. The summed E-state index contributed by atoms with van der Waals surface area (Å²) in [6, 6.07) is 3.62. The van der Waals surface area contributed by atoms with E-state index in [4.69, 9.17) is 9.15 Å². The molecule has 0 N–H and O–H groups in total. The van der Waals surface area contributed by atoms with Gasteiger partial charge in [0.15, 0.2) is 5.90 Å². The molecule has 1 aliphatic rings. The fraction of sp³-hybridized carbons (Fsp3) is 0.500. The Balaban J connectivity index is 1.92. The molecule has 21 heavy (non-hydrogen) atoms. The van der Waals surface area contributed by atoms with Crippen molar-refractivity contribution in [3.05, 3.63) is 29.7 Å². The largest absolute Gasteiger partial charge is 0.484 e. The average molecular weight is 291 g/mol. The number of carbonyl (C=O) groups excluding carboxylic acids is 1. The Morgan fingerprint density at radius 2 is 2.29 bits per heavy atom. The van der Waals surface area contributed by atoms with Gasteiger partial charge < -0.3 is 13.9 Å². The lowest BCUT2D eigenvalue weighted by Crippen LogP contribution is -2.06. The molecule has 0 amide bonds. The van der Waals surface area contributed by atoms with Gasteiger partial charge in [-0.1, -0.05) is 12.5 Å². The molecule has 5 heteroatoms. The van der Waals surface area contributed by atoms with Gasteiger partial charge in [-0.25, -0.2) is 4.79 Å². The summed E-state index contributed by atoms with van der Waals surface area (Å²) in [5.41, 5.74) is 0. The average Bonchev–Trinajstić information content (AvgIpc) is 2.85. The first-order valence-electron chi connectivity index (χ1n) is 7.18. The van der Waals surface area contributed by atoms with Crippen molar-refractivity contribution in [2.75, 3.05) is 14.2 Å². The van der Waals surface area contributed by atoms with E-state index in [1.807, 2.05) is 12.2 Å². The van der Waals surface area contributed by atoms with Gasteiger partial charge in [0.2, 0.25) is 5.76 Å². The van der Waals surface area contributed by atoms with Crippen LogP contribution in [0.5, 0.6) is 0 Å². The van der Waals surface area contributed by atoms with Crippen LogP contribution in [0.3, 0.4) is 0 Å². The zero-order valence-electron chi connectivity index (χ0n) is 12.5. The molecule has 0 fully saturated rings. The lowest BCUT2D eigenvalue weighted by atomic mass is 10.1. The molecule has 0 radical (unpaired) electrons. The number of ether oxygens (including phenoxy) is 2. The third-order valence-corrected chi connectivity index (χ3v) is 3.44. The highest BCUT2D eigenvalue weighted by atomic mass is 16.5. The standard InChI is InChI=1S/C16H21NO4/c1-19-15-9-4-3-6-12(17-15)7-5-8-13-10-11-14(21-13)16(18)20-2/h5,8,10-12H,3-4,6-7,9H2,1-2H3. The summed E-state index contributed by atoms with van der Waals surface area (Å²) >= 11 is 0. The van der Waals surface area contributed by atoms with Crippen molar-refractivity contribution in [2.24, 2.45) is 4.99 Å². The summed E-state index contributed by atoms with van der Waals surface area (Å²) in [7, 11) is 3.01. The molecular weight excluding hydrogens is 270 g/mol. The van der Waals surface area contributed by atoms with E-state index in [2.05, 4.69) is 9.73 Å². The van der Waals surface area contributed by atoms with Gasteiger partial charge in [0.05, 0.1) is 20.3 Å². The van der Waals surface area contributed by atoms with Gasteiger partial charge in [-0.3, -0.25) is 4.99 Å². The summed E-state index contributed by atoms with van der Waals surface area (Å²) in [4.78, 5) is 15.9. The summed E-state index contributed by atoms with van der Waals surface area (Å²) in [5.74, 6) is 1.23. The second kappa shape index (κ2) is 7.67. The van der Waals surface area contributed by atoms with Crippen molar-refractivity contribution in [1.82, 2.24) is 0 Å². The molecule has 0 aliphatic carbocycles. The van der Waals surface area contributed by atoms with E-state index in [1.165, 1.54) is 13.5 Å². The lowest BCUT2D eigenvalue weighted by molar-refractivity contribution is 0.0564. The number of methoxy groups -OCH3 is 2. The number of aliphatic imine (C=N–C) groups is 1. The first-order chi connectivity index (χ1) is 10.2. The Hall–Kier alpha value is -2.04. The maximum absolute atomic E-state index is 11.3.